The van der Waals surface area contributed by atoms with Gasteiger partial charge in [-0.3, -0.25) is 9.69 Å². The maximum absolute atomic E-state index is 11.5. The van der Waals surface area contributed by atoms with Crippen LogP contribution in [0, 0.1) is 0 Å². The molecule has 1 aliphatic heterocycles. The van der Waals surface area contributed by atoms with Gasteiger partial charge in [-0.2, -0.15) is 0 Å². The lowest BCUT2D eigenvalue weighted by atomic mass is 10.1. The zero-order chi connectivity index (χ0) is 10.6. The minimum absolute atomic E-state index is 0.0300. The third-order valence-electron chi connectivity index (χ3n) is 2.45. The molecule has 1 heterocycles. The van der Waals surface area contributed by atoms with E-state index < -0.39 is 0 Å². The molecular formula is C9H19N3O2. The Bertz CT molecular complexity index is 198. The number of carbonyl (C=O) groups excluding carboxylic acids is 1. The minimum Gasteiger partial charge on any atom is -0.383 e. The molecular weight excluding hydrogens is 182 g/mol. The van der Waals surface area contributed by atoms with Crippen molar-refractivity contribution in [2.45, 2.75) is 19.0 Å². The Balaban J connectivity index is 2.53. The van der Waals surface area contributed by atoms with Crippen LogP contribution >= 0.6 is 0 Å². The van der Waals surface area contributed by atoms with E-state index in [0.717, 1.165) is 13.1 Å². The van der Waals surface area contributed by atoms with Gasteiger partial charge in [-0.1, -0.05) is 0 Å². The van der Waals surface area contributed by atoms with Crippen LogP contribution in [-0.2, 0) is 9.53 Å². The number of amides is 1. The average Bonchev–Trinajstić information content (AvgIpc) is 2.14. The molecule has 1 fully saturated rings. The van der Waals surface area contributed by atoms with Crippen molar-refractivity contribution in [1.29, 1.82) is 0 Å². The van der Waals surface area contributed by atoms with Crippen LogP contribution in [0.15, 0.2) is 0 Å². The number of carbonyl (C=O) groups is 1. The van der Waals surface area contributed by atoms with E-state index in [1.165, 1.54) is 0 Å². The predicted molar refractivity (Wildman–Crippen MR) is 53.9 cm³/mol. The molecule has 14 heavy (non-hydrogen) atoms. The van der Waals surface area contributed by atoms with E-state index in [-0.39, 0.29) is 18.0 Å². The predicted octanol–water partition coefficient (Wildman–Crippen LogP) is -1.22. The van der Waals surface area contributed by atoms with Crippen molar-refractivity contribution in [3.05, 3.63) is 0 Å². The molecule has 1 rings (SSSR count). The third kappa shape index (κ3) is 2.67. The van der Waals surface area contributed by atoms with Crippen molar-refractivity contribution in [1.82, 2.24) is 10.2 Å². The number of hydrogen-bond donors (Lipinski definition) is 2. The highest BCUT2D eigenvalue weighted by atomic mass is 16.5. The summed E-state index contributed by atoms with van der Waals surface area (Å²) in [6, 6.07) is 0.00325. The maximum Gasteiger partial charge on any atom is 0.238 e. The van der Waals surface area contributed by atoms with E-state index in [1.54, 1.807) is 7.11 Å². The molecule has 0 aliphatic carbocycles. The molecule has 0 aromatic rings. The fraction of sp³-hybridized carbons (Fsp3) is 0.889. The standard InChI is InChI=1S/C9H19N3O2/c1-7-6-12(3-4-14-2)8(5-10)9(13)11-7/h7-8H,3-6,10H2,1-2H3,(H,11,13). The molecule has 1 saturated heterocycles. The molecule has 0 saturated carbocycles. The first-order valence-corrected chi connectivity index (χ1v) is 4.92. The zero-order valence-electron chi connectivity index (χ0n) is 8.82. The molecule has 1 amide bonds. The summed E-state index contributed by atoms with van der Waals surface area (Å²) in [5, 5.41) is 2.89. The number of piperazine rings is 1. The number of ether oxygens (including phenoxy) is 1. The Kier molecular flexibility index (Phi) is 4.31. The van der Waals surface area contributed by atoms with Crippen LogP contribution in [-0.4, -0.2) is 56.2 Å². The third-order valence-corrected chi connectivity index (χ3v) is 2.45. The Hall–Kier alpha value is -0.650. The fourth-order valence-corrected chi connectivity index (χ4v) is 1.74. The van der Waals surface area contributed by atoms with Gasteiger partial charge >= 0.3 is 0 Å². The zero-order valence-corrected chi connectivity index (χ0v) is 8.82. The summed E-state index contributed by atoms with van der Waals surface area (Å²) >= 11 is 0. The smallest absolute Gasteiger partial charge is 0.238 e. The van der Waals surface area contributed by atoms with Crippen molar-refractivity contribution in [2.75, 3.05) is 33.4 Å². The molecule has 5 heteroatoms. The summed E-state index contributed by atoms with van der Waals surface area (Å²) in [7, 11) is 1.66. The van der Waals surface area contributed by atoms with Crippen molar-refractivity contribution in [3.8, 4) is 0 Å². The van der Waals surface area contributed by atoms with Crippen molar-refractivity contribution in [3.63, 3.8) is 0 Å². The Morgan fingerprint density at radius 1 is 1.71 bits per heavy atom. The second-order valence-corrected chi connectivity index (χ2v) is 3.65. The number of nitrogens with zero attached hydrogens (tertiary/aromatic N) is 1. The highest BCUT2D eigenvalue weighted by Gasteiger charge is 2.31. The first-order valence-electron chi connectivity index (χ1n) is 4.92. The molecule has 0 bridgehead atoms. The van der Waals surface area contributed by atoms with E-state index in [1.807, 2.05) is 6.92 Å². The lowest BCUT2D eigenvalue weighted by Crippen LogP contribution is -2.61. The normalized spacial score (nSPS) is 28.9. The molecule has 82 valence electrons. The summed E-state index contributed by atoms with van der Waals surface area (Å²) in [6.45, 7) is 4.59. The number of rotatable bonds is 4. The largest absolute Gasteiger partial charge is 0.383 e. The van der Waals surface area contributed by atoms with Gasteiger partial charge in [-0.25, -0.2) is 0 Å². The van der Waals surface area contributed by atoms with E-state index >= 15 is 0 Å². The molecule has 0 radical (unpaired) electrons. The molecule has 2 atom stereocenters. The Labute approximate surface area is 84.6 Å². The first kappa shape index (κ1) is 11.4. The van der Waals surface area contributed by atoms with Gasteiger partial charge in [-0.15, -0.1) is 0 Å². The summed E-state index contributed by atoms with van der Waals surface area (Å²) in [5.74, 6) is 0.0300. The topological polar surface area (TPSA) is 67.6 Å². The fourth-order valence-electron chi connectivity index (χ4n) is 1.74. The second-order valence-electron chi connectivity index (χ2n) is 3.65. The van der Waals surface area contributed by atoms with E-state index in [9.17, 15) is 4.79 Å². The van der Waals surface area contributed by atoms with E-state index in [4.69, 9.17) is 10.5 Å². The monoisotopic (exact) mass is 201 g/mol. The molecule has 0 aromatic heterocycles. The van der Waals surface area contributed by atoms with Gasteiger partial charge in [0, 0.05) is 32.8 Å². The molecule has 3 N–H and O–H groups in total. The quantitative estimate of drug-likeness (QED) is 0.598. The van der Waals surface area contributed by atoms with Gasteiger partial charge < -0.3 is 15.8 Å². The van der Waals surface area contributed by atoms with Crippen LogP contribution in [0.2, 0.25) is 0 Å². The molecule has 0 aromatic carbocycles. The van der Waals surface area contributed by atoms with Gasteiger partial charge in [0.25, 0.3) is 0 Å². The van der Waals surface area contributed by atoms with Gasteiger partial charge in [0.1, 0.15) is 6.04 Å². The SMILES string of the molecule is COCCN1CC(C)NC(=O)C1CN. The van der Waals surface area contributed by atoms with Gasteiger partial charge in [0.2, 0.25) is 5.91 Å². The summed E-state index contributed by atoms with van der Waals surface area (Å²) in [6.07, 6.45) is 0. The van der Waals surface area contributed by atoms with Gasteiger partial charge in [-0.05, 0) is 6.92 Å². The summed E-state index contributed by atoms with van der Waals surface area (Å²) in [4.78, 5) is 13.6. The number of hydrogen-bond acceptors (Lipinski definition) is 4. The van der Waals surface area contributed by atoms with Crippen molar-refractivity contribution >= 4 is 5.91 Å². The van der Waals surface area contributed by atoms with Crippen LogP contribution in [0.1, 0.15) is 6.92 Å². The second kappa shape index (κ2) is 5.29. The highest BCUT2D eigenvalue weighted by molar-refractivity contribution is 5.83. The average molecular weight is 201 g/mol. The maximum atomic E-state index is 11.5. The first-order chi connectivity index (χ1) is 6.69. The van der Waals surface area contributed by atoms with Gasteiger partial charge in [0.05, 0.1) is 6.61 Å². The van der Waals surface area contributed by atoms with Crippen LogP contribution in [0.5, 0.6) is 0 Å². The van der Waals surface area contributed by atoms with E-state index in [2.05, 4.69) is 10.2 Å². The number of methoxy groups -OCH3 is 1. The number of nitrogens with one attached hydrogen (secondary N) is 1. The minimum atomic E-state index is -0.193. The van der Waals surface area contributed by atoms with Crippen LogP contribution in [0.25, 0.3) is 0 Å². The van der Waals surface area contributed by atoms with E-state index in [0.29, 0.717) is 13.2 Å². The molecule has 5 nitrogen and oxygen atoms in total. The lowest BCUT2D eigenvalue weighted by molar-refractivity contribution is -0.130. The van der Waals surface area contributed by atoms with Crippen molar-refractivity contribution < 1.29 is 9.53 Å². The Morgan fingerprint density at radius 2 is 2.43 bits per heavy atom. The van der Waals surface area contributed by atoms with Crippen LogP contribution in [0.3, 0.4) is 0 Å². The summed E-state index contributed by atoms with van der Waals surface area (Å²) < 4.78 is 4.99. The lowest BCUT2D eigenvalue weighted by Gasteiger charge is -2.37. The summed E-state index contributed by atoms with van der Waals surface area (Å²) in [5.41, 5.74) is 5.56. The van der Waals surface area contributed by atoms with Gasteiger partial charge in [0.15, 0.2) is 0 Å². The van der Waals surface area contributed by atoms with Crippen molar-refractivity contribution in [2.24, 2.45) is 5.73 Å². The number of nitrogens with two attached hydrogens (primary N) is 1. The molecule has 2 unspecified atom stereocenters. The van der Waals surface area contributed by atoms with Crippen LogP contribution in [0.4, 0.5) is 0 Å². The molecule has 0 spiro atoms. The Morgan fingerprint density at radius 3 is 3.00 bits per heavy atom. The van der Waals surface area contributed by atoms with Crippen LogP contribution < -0.4 is 11.1 Å². The molecule has 1 aliphatic rings. The highest BCUT2D eigenvalue weighted by Crippen LogP contribution is 2.06.